The van der Waals surface area contributed by atoms with E-state index in [1.165, 1.54) is 7.11 Å². The molecule has 0 unspecified atom stereocenters. The number of anilines is 1. The van der Waals surface area contributed by atoms with Gasteiger partial charge in [0.2, 0.25) is 5.36 Å². The third-order valence-electron chi connectivity index (χ3n) is 5.35. The van der Waals surface area contributed by atoms with Gasteiger partial charge in [0.25, 0.3) is 0 Å². The first-order valence-corrected chi connectivity index (χ1v) is 11.6. The molecule has 0 saturated carbocycles. The van der Waals surface area contributed by atoms with E-state index >= 15 is 0 Å². The fourth-order valence-electron chi connectivity index (χ4n) is 3.73. The van der Waals surface area contributed by atoms with Crippen molar-refractivity contribution in [2.75, 3.05) is 40.2 Å². The van der Waals surface area contributed by atoms with Gasteiger partial charge in [0.05, 0.1) is 18.7 Å². The molecule has 1 aliphatic carbocycles. The molecular weight excluding hydrogens is 424 g/mol. The summed E-state index contributed by atoms with van der Waals surface area (Å²) in [6.07, 6.45) is 7.54. The van der Waals surface area contributed by atoms with Gasteiger partial charge in [-0.15, -0.1) is 0 Å². The Labute approximate surface area is 203 Å². The van der Waals surface area contributed by atoms with Crippen molar-refractivity contribution in [1.29, 1.82) is 0 Å². The summed E-state index contributed by atoms with van der Waals surface area (Å²) >= 11 is 0. The molecule has 0 amide bonds. The van der Waals surface area contributed by atoms with Crippen LogP contribution in [0.2, 0.25) is 0 Å². The average molecular weight is 462 g/mol. The second-order valence-corrected chi connectivity index (χ2v) is 7.95. The van der Waals surface area contributed by atoms with Gasteiger partial charge in [-0.2, -0.15) is 0 Å². The van der Waals surface area contributed by atoms with Crippen LogP contribution < -0.4 is 14.8 Å². The molecule has 1 aromatic rings. The van der Waals surface area contributed by atoms with Gasteiger partial charge in [-0.3, -0.25) is 0 Å². The van der Waals surface area contributed by atoms with Gasteiger partial charge in [-0.05, 0) is 37.6 Å². The Balaban J connectivity index is 0.00000199. The number of ether oxygens (including phenoxy) is 1. The second-order valence-electron chi connectivity index (χ2n) is 7.95. The maximum atomic E-state index is 12.7. The number of fused-ring (bicyclic) bond motifs is 2. The van der Waals surface area contributed by atoms with Crippen LogP contribution in [0.3, 0.4) is 0 Å². The summed E-state index contributed by atoms with van der Waals surface area (Å²) in [6, 6.07) is 12.3. The minimum atomic E-state index is -0.381. The fraction of sp³-hybridized carbons (Fsp3) is 0.310. The Morgan fingerprint density at radius 1 is 1.00 bits per heavy atom. The lowest BCUT2D eigenvalue weighted by Gasteiger charge is -2.19. The molecule has 5 heteroatoms. The van der Waals surface area contributed by atoms with Crippen LogP contribution in [-0.4, -0.2) is 41.3 Å². The highest BCUT2D eigenvalue weighted by Crippen LogP contribution is 2.40. The Kier molecular flexibility index (Phi) is 9.43. The first-order valence-electron chi connectivity index (χ1n) is 11.6. The lowest BCUT2D eigenvalue weighted by atomic mass is 9.90. The van der Waals surface area contributed by atoms with Gasteiger partial charge in [-0.25, -0.2) is 9.37 Å². The molecule has 1 heterocycles. The van der Waals surface area contributed by atoms with Crippen LogP contribution in [0.25, 0.3) is 27.9 Å². The number of hydrogen-bond acceptors (Lipinski definition) is 4. The van der Waals surface area contributed by atoms with Crippen LogP contribution in [0, 0.1) is 0 Å². The Bertz CT molecular complexity index is 1290. The van der Waals surface area contributed by atoms with Gasteiger partial charge in [0, 0.05) is 48.4 Å². The predicted octanol–water partition coefficient (Wildman–Crippen LogP) is 5.74. The summed E-state index contributed by atoms with van der Waals surface area (Å²) in [5, 5.41) is 1.97. The predicted molar refractivity (Wildman–Crippen MR) is 144 cm³/mol. The standard InChI is InChI=1S/C27H31N2O3.C2H6/c1-8-10-20(21(11-9-2)27(30)31-7)26-22-14-12-18(28(3)4)16-24(22)32-25-17-19(29(5)6)13-15-23(25)26;1-2/h8-17H,1-7H3;1-2H3/q+1;/b10-8-,11-9-,21-20-;. The summed E-state index contributed by atoms with van der Waals surface area (Å²) < 4.78 is 13.5. The third kappa shape index (κ3) is 5.48. The molecule has 5 nitrogen and oxygen atoms in total. The Morgan fingerprint density at radius 2 is 1.68 bits per heavy atom. The molecule has 1 aliphatic heterocycles. The maximum Gasteiger partial charge on any atom is 0.338 e. The Hall–Kier alpha value is -3.60. The SMILES string of the molecule is CC.C\C=C/C(C(=O)OC)=C(\C=C/C)c1c2ccc(=[N+](C)C)cc-2oc2cc(N(C)C)ccc12. The molecule has 0 atom stereocenters. The van der Waals surface area contributed by atoms with Crippen molar-refractivity contribution in [3.8, 4) is 11.3 Å². The number of carbonyl (C=O) groups is 1. The molecule has 180 valence electrons. The minimum absolute atomic E-state index is 0.381. The molecular formula is C29H37N2O3+. The van der Waals surface area contributed by atoms with Gasteiger partial charge in [0.15, 0.2) is 0 Å². The summed E-state index contributed by atoms with van der Waals surface area (Å²) in [5.41, 5.74) is 4.94. The average Bonchev–Trinajstić information content (AvgIpc) is 2.84. The van der Waals surface area contributed by atoms with Crippen LogP contribution in [0.4, 0.5) is 5.69 Å². The van der Waals surface area contributed by atoms with Crippen LogP contribution in [0.15, 0.2) is 70.7 Å². The molecule has 0 aromatic heterocycles. The number of rotatable bonds is 5. The number of benzene rings is 2. The van der Waals surface area contributed by atoms with E-state index in [9.17, 15) is 4.79 Å². The van der Waals surface area contributed by atoms with E-state index in [4.69, 9.17) is 9.15 Å². The van der Waals surface area contributed by atoms with Crippen molar-refractivity contribution in [2.24, 2.45) is 0 Å². The van der Waals surface area contributed by atoms with Gasteiger partial charge >= 0.3 is 5.97 Å². The molecule has 0 N–H and O–H groups in total. The van der Waals surface area contributed by atoms with Crippen molar-refractivity contribution in [3.05, 3.63) is 77.2 Å². The van der Waals surface area contributed by atoms with Crippen LogP contribution in [0.5, 0.6) is 0 Å². The van der Waals surface area contributed by atoms with Gasteiger partial charge in [0.1, 0.15) is 25.4 Å². The zero-order valence-corrected chi connectivity index (χ0v) is 21.9. The van der Waals surface area contributed by atoms with Crippen molar-refractivity contribution >= 4 is 28.2 Å². The van der Waals surface area contributed by atoms with E-state index < -0.39 is 0 Å². The highest BCUT2D eigenvalue weighted by Gasteiger charge is 2.23. The van der Waals surface area contributed by atoms with Crippen molar-refractivity contribution in [1.82, 2.24) is 4.58 Å². The number of carbonyl (C=O) groups excluding carboxylic acids is 1. The quantitative estimate of drug-likeness (QED) is 0.160. The van der Waals surface area contributed by atoms with E-state index in [-0.39, 0.29) is 5.97 Å². The molecule has 0 fully saturated rings. The lowest BCUT2D eigenvalue weighted by molar-refractivity contribution is -0.135. The van der Waals surface area contributed by atoms with Crippen molar-refractivity contribution < 1.29 is 13.9 Å². The first-order chi connectivity index (χ1) is 16.3. The van der Waals surface area contributed by atoms with Crippen LogP contribution in [-0.2, 0) is 9.53 Å². The molecule has 2 aliphatic rings. The first kappa shape index (κ1) is 26.7. The monoisotopic (exact) mass is 461 g/mol. The highest BCUT2D eigenvalue weighted by atomic mass is 16.5. The van der Waals surface area contributed by atoms with E-state index in [1.54, 1.807) is 6.08 Å². The normalized spacial score (nSPS) is 12.0. The molecule has 0 bridgehead atoms. The zero-order valence-electron chi connectivity index (χ0n) is 21.9. The molecule has 0 radical (unpaired) electrons. The van der Waals surface area contributed by atoms with E-state index in [2.05, 4.69) is 24.3 Å². The molecule has 0 spiro atoms. The summed E-state index contributed by atoms with van der Waals surface area (Å²) in [6.45, 7) is 7.83. The number of hydrogen-bond donors (Lipinski definition) is 0. The third-order valence-corrected chi connectivity index (χ3v) is 5.35. The van der Waals surface area contributed by atoms with Crippen molar-refractivity contribution in [3.63, 3.8) is 0 Å². The van der Waals surface area contributed by atoms with E-state index in [0.717, 1.165) is 44.5 Å². The number of allylic oxidation sites excluding steroid dienone is 4. The topological polar surface area (TPSA) is 45.7 Å². The van der Waals surface area contributed by atoms with Gasteiger partial charge < -0.3 is 14.1 Å². The van der Waals surface area contributed by atoms with E-state index in [0.29, 0.717) is 5.57 Å². The zero-order chi connectivity index (χ0) is 25.4. The molecule has 34 heavy (non-hydrogen) atoms. The fourth-order valence-corrected chi connectivity index (χ4v) is 3.73. The summed E-state index contributed by atoms with van der Waals surface area (Å²) in [5.74, 6) is 0.370. The summed E-state index contributed by atoms with van der Waals surface area (Å²) in [7, 11) is 9.40. The number of esters is 1. The number of nitrogens with zero attached hydrogens (tertiary/aromatic N) is 2. The minimum Gasteiger partial charge on any atom is -0.465 e. The summed E-state index contributed by atoms with van der Waals surface area (Å²) in [4.78, 5) is 14.8. The molecule has 1 aromatic carbocycles. The van der Waals surface area contributed by atoms with Crippen LogP contribution in [0.1, 0.15) is 33.3 Å². The molecule has 0 saturated heterocycles. The molecule has 3 rings (SSSR count). The largest absolute Gasteiger partial charge is 0.465 e. The van der Waals surface area contributed by atoms with Crippen molar-refractivity contribution in [2.45, 2.75) is 27.7 Å². The highest BCUT2D eigenvalue weighted by molar-refractivity contribution is 6.09. The van der Waals surface area contributed by atoms with E-state index in [1.807, 2.05) is 95.7 Å². The second kappa shape index (κ2) is 12.0. The maximum absolute atomic E-state index is 12.7. The van der Waals surface area contributed by atoms with Crippen LogP contribution >= 0.6 is 0 Å². The Morgan fingerprint density at radius 3 is 2.24 bits per heavy atom. The lowest BCUT2D eigenvalue weighted by Crippen LogP contribution is -2.21. The number of methoxy groups -OCH3 is 1. The smallest absolute Gasteiger partial charge is 0.338 e. The van der Waals surface area contributed by atoms with Gasteiger partial charge in [-0.1, -0.05) is 38.2 Å².